The SMILES string of the molecule is Cc1ccccc1C(CNC1CC1)OCC1CC1. The maximum atomic E-state index is 6.15. The second kappa shape index (κ2) is 5.41. The van der Waals surface area contributed by atoms with E-state index in [0.29, 0.717) is 0 Å². The molecule has 0 amide bonds. The zero-order valence-electron chi connectivity index (χ0n) is 11.2. The fourth-order valence-corrected chi connectivity index (χ4v) is 2.30. The lowest BCUT2D eigenvalue weighted by molar-refractivity contribution is 0.0446. The smallest absolute Gasteiger partial charge is 0.0951 e. The molecule has 3 rings (SSSR count). The molecule has 2 nitrogen and oxygen atoms in total. The molecule has 0 saturated heterocycles. The quantitative estimate of drug-likeness (QED) is 0.796. The van der Waals surface area contributed by atoms with Crippen LogP contribution in [0.3, 0.4) is 0 Å². The van der Waals surface area contributed by atoms with Crippen molar-refractivity contribution < 1.29 is 4.74 Å². The third kappa shape index (κ3) is 3.33. The van der Waals surface area contributed by atoms with Crippen LogP contribution in [0.5, 0.6) is 0 Å². The summed E-state index contributed by atoms with van der Waals surface area (Å²) in [6.45, 7) is 4.08. The van der Waals surface area contributed by atoms with Crippen molar-refractivity contribution in [3.8, 4) is 0 Å². The van der Waals surface area contributed by atoms with Crippen molar-refractivity contribution >= 4 is 0 Å². The highest BCUT2D eigenvalue weighted by Gasteiger charge is 2.26. The molecule has 0 bridgehead atoms. The van der Waals surface area contributed by atoms with E-state index in [4.69, 9.17) is 4.74 Å². The van der Waals surface area contributed by atoms with Crippen molar-refractivity contribution in [3.63, 3.8) is 0 Å². The zero-order valence-corrected chi connectivity index (χ0v) is 11.2. The van der Waals surface area contributed by atoms with Crippen molar-refractivity contribution in [2.45, 2.75) is 44.8 Å². The van der Waals surface area contributed by atoms with Gasteiger partial charge < -0.3 is 10.1 Å². The Labute approximate surface area is 110 Å². The number of rotatable bonds is 7. The maximum Gasteiger partial charge on any atom is 0.0951 e. The molecular formula is C16H23NO. The number of benzene rings is 1. The molecule has 2 fully saturated rings. The third-order valence-electron chi connectivity index (χ3n) is 3.93. The fraction of sp³-hybridized carbons (Fsp3) is 0.625. The highest BCUT2D eigenvalue weighted by molar-refractivity contribution is 5.28. The molecule has 1 aromatic carbocycles. The van der Waals surface area contributed by atoms with E-state index in [1.54, 1.807) is 0 Å². The molecule has 98 valence electrons. The van der Waals surface area contributed by atoms with Crippen LogP contribution in [0, 0.1) is 12.8 Å². The van der Waals surface area contributed by atoms with Gasteiger partial charge in [0, 0.05) is 12.6 Å². The summed E-state index contributed by atoms with van der Waals surface area (Å²) < 4.78 is 6.15. The minimum atomic E-state index is 0.229. The third-order valence-corrected chi connectivity index (χ3v) is 3.93. The van der Waals surface area contributed by atoms with Crippen molar-refractivity contribution in [1.29, 1.82) is 0 Å². The first-order valence-electron chi connectivity index (χ1n) is 7.23. The summed E-state index contributed by atoms with van der Waals surface area (Å²) in [5.74, 6) is 0.831. The minimum absolute atomic E-state index is 0.229. The average Bonchev–Trinajstić information content (AvgIpc) is 3.26. The molecule has 2 saturated carbocycles. The molecular weight excluding hydrogens is 222 g/mol. The van der Waals surface area contributed by atoms with Gasteiger partial charge in [0.25, 0.3) is 0 Å². The number of ether oxygens (including phenoxy) is 1. The Bertz CT molecular complexity index is 380. The van der Waals surface area contributed by atoms with E-state index >= 15 is 0 Å². The van der Waals surface area contributed by atoms with Crippen LogP contribution >= 0.6 is 0 Å². The lowest BCUT2D eigenvalue weighted by Gasteiger charge is -2.21. The first-order valence-corrected chi connectivity index (χ1v) is 7.23. The molecule has 1 aromatic rings. The van der Waals surface area contributed by atoms with Gasteiger partial charge in [-0.1, -0.05) is 24.3 Å². The Balaban J connectivity index is 1.63. The molecule has 2 aliphatic carbocycles. The predicted molar refractivity (Wildman–Crippen MR) is 73.6 cm³/mol. The van der Waals surface area contributed by atoms with Gasteiger partial charge in [0.05, 0.1) is 12.7 Å². The van der Waals surface area contributed by atoms with Crippen molar-refractivity contribution in [3.05, 3.63) is 35.4 Å². The Morgan fingerprint density at radius 1 is 1.22 bits per heavy atom. The van der Waals surface area contributed by atoms with Crippen LogP contribution in [0.15, 0.2) is 24.3 Å². The maximum absolute atomic E-state index is 6.15. The summed E-state index contributed by atoms with van der Waals surface area (Å²) >= 11 is 0. The Kier molecular flexibility index (Phi) is 3.67. The Morgan fingerprint density at radius 3 is 2.67 bits per heavy atom. The molecule has 0 heterocycles. The second-order valence-corrected chi connectivity index (χ2v) is 5.80. The van der Waals surface area contributed by atoms with Gasteiger partial charge in [-0.2, -0.15) is 0 Å². The summed E-state index contributed by atoms with van der Waals surface area (Å²) in [7, 11) is 0. The zero-order chi connectivity index (χ0) is 12.4. The van der Waals surface area contributed by atoms with Crippen LogP contribution in [0.2, 0.25) is 0 Å². The van der Waals surface area contributed by atoms with E-state index in [0.717, 1.165) is 25.1 Å². The largest absolute Gasteiger partial charge is 0.372 e. The molecule has 18 heavy (non-hydrogen) atoms. The monoisotopic (exact) mass is 245 g/mol. The van der Waals surface area contributed by atoms with Crippen molar-refractivity contribution in [1.82, 2.24) is 5.32 Å². The van der Waals surface area contributed by atoms with Crippen LogP contribution in [-0.2, 0) is 4.74 Å². The van der Waals surface area contributed by atoms with E-state index in [2.05, 4.69) is 36.5 Å². The van der Waals surface area contributed by atoms with E-state index in [1.807, 2.05) is 0 Å². The number of aryl methyl sites for hydroxylation is 1. The van der Waals surface area contributed by atoms with Gasteiger partial charge in [0.15, 0.2) is 0 Å². The molecule has 1 unspecified atom stereocenters. The molecule has 2 heteroatoms. The molecule has 1 atom stereocenters. The van der Waals surface area contributed by atoms with Gasteiger partial charge in [0.2, 0.25) is 0 Å². The summed E-state index contributed by atoms with van der Waals surface area (Å²) in [4.78, 5) is 0. The first kappa shape index (κ1) is 12.2. The number of hydrogen-bond acceptors (Lipinski definition) is 2. The summed E-state index contributed by atoms with van der Waals surface area (Å²) in [5.41, 5.74) is 2.70. The summed E-state index contributed by atoms with van der Waals surface area (Å²) in [5, 5.41) is 3.60. The summed E-state index contributed by atoms with van der Waals surface area (Å²) in [6.07, 6.45) is 5.62. The van der Waals surface area contributed by atoms with Gasteiger partial charge in [-0.3, -0.25) is 0 Å². The van der Waals surface area contributed by atoms with Crippen molar-refractivity contribution in [2.24, 2.45) is 5.92 Å². The highest BCUT2D eigenvalue weighted by Crippen LogP contribution is 2.32. The van der Waals surface area contributed by atoms with Crippen LogP contribution in [0.25, 0.3) is 0 Å². The van der Waals surface area contributed by atoms with Crippen LogP contribution < -0.4 is 5.32 Å². The first-order chi connectivity index (χ1) is 8.83. The average molecular weight is 245 g/mol. The van der Waals surface area contributed by atoms with Crippen molar-refractivity contribution in [2.75, 3.05) is 13.2 Å². The standard InChI is InChI=1S/C16H23NO/c1-12-4-2-3-5-15(12)16(10-17-14-8-9-14)18-11-13-6-7-13/h2-5,13-14,16-17H,6-11H2,1H3. The van der Waals surface area contributed by atoms with Crippen LogP contribution in [0.4, 0.5) is 0 Å². The molecule has 2 aliphatic rings. The molecule has 0 aliphatic heterocycles. The normalized spacial score (nSPS) is 20.9. The van der Waals surface area contributed by atoms with Gasteiger partial charge in [-0.05, 0) is 49.7 Å². The van der Waals surface area contributed by atoms with E-state index in [9.17, 15) is 0 Å². The van der Waals surface area contributed by atoms with Crippen LogP contribution in [-0.4, -0.2) is 19.2 Å². The summed E-state index contributed by atoms with van der Waals surface area (Å²) in [6, 6.07) is 9.36. The lowest BCUT2D eigenvalue weighted by Crippen LogP contribution is -2.26. The van der Waals surface area contributed by atoms with E-state index in [-0.39, 0.29) is 6.10 Å². The van der Waals surface area contributed by atoms with Gasteiger partial charge in [0.1, 0.15) is 0 Å². The van der Waals surface area contributed by atoms with E-state index in [1.165, 1.54) is 36.8 Å². The molecule has 0 aromatic heterocycles. The van der Waals surface area contributed by atoms with Gasteiger partial charge in [-0.15, -0.1) is 0 Å². The van der Waals surface area contributed by atoms with Gasteiger partial charge in [-0.25, -0.2) is 0 Å². The van der Waals surface area contributed by atoms with Gasteiger partial charge >= 0.3 is 0 Å². The minimum Gasteiger partial charge on any atom is -0.372 e. The molecule has 0 spiro atoms. The van der Waals surface area contributed by atoms with Crippen LogP contribution in [0.1, 0.15) is 42.9 Å². The van der Waals surface area contributed by atoms with E-state index < -0.39 is 0 Å². The second-order valence-electron chi connectivity index (χ2n) is 5.80. The highest BCUT2D eigenvalue weighted by atomic mass is 16.5. The molecule has 1 N–H and O–H groups in total. The number of nitrogens with one attached hydrogen (secondary N) is 1. The Morgan fingerprint density at radius 2 is 2.00 bits per heavy atom. The Hall–Kier alpha value is -0.860. The topological polar surface area (TPSA) is 21.3 Å². The fourth-order valence-electron chi connectivity index (χ4n) is 2.30. The predicted octanol–water partition coefficient (Wildman–Crippen LogP) is 3.21. The number of hydrogen-bond donors (Lipinski definition) is 1. The lowest BCUT2D eigenvalue weighted by atomic mass is 10.0. The molecule has 0 radical (unpaired) electrons.